The number of amides is 1. The van der Waals surface area contributed by atoms with E-state index in [1.807, 2.05) is 6.92 Å². The summed E-state index contributed by atoms with van der Waals surface area (Å²) in [4.78, 5) is 14.2. The molecule has 0 radical (unpaired) electrons. The maximum Gasteiger partial charge on any atom is 0.238 e. The van der Waals surface area contributed by atoms with Crippen LogP contribution in [0.2, 0.25) is 0 Å². The fraction of sp³-hybridized carbons (Fsp3) is 0.909. The number of piperidine rings is 2. The van der Waals surface area contributed by atoms with Crippen LogP contribution in [0.15, 0.2) is 0 Å². The summed E-state index contributed by atoms with van der Waals surface area (Å²) in [7, 11) is 0. The molecule has 2 heterocycles. The maximum atomic E-state index is 11.7. The molecule has 2 bridgehead atoms. The van der Waals surface area contributed by atoms with Crippen LogP contribution in [0.1, 0.15) is 26.2 Å². The van der Waals surface area contributed by atoms with Gasteiger partial charge in [0.2, 0.25) is 5.91 Å². The topological polar surface area (TPSA) is 58.4 Å². The third kappa shape index (κ3) is 1.76. The SMILES string of the molecule is CCNC1(C(N)=O)CCN2CCCC1C2. The Balaban J connectivity index is 2.19. The van der Waals surface area contributed by atoms with Crippen LogP contribution in [0, 0.1) is 5.92 Å². The minimum Gasteiger partial charge on any atom is -0.368 e. The molecule has 0 aromatic carbocycles. The van der Waals surface area contributed by atoms with Crippen LogP contribution in [-0.2, 0) is 4.79 Å². The summed E-state index contributed by atoms with van der Waals surface area (Å²) >= 11 is 0. The lowest BCUT2D eigenvalue weighted by atomic mass is 9.73. The zero-order valence-corrected chi connectivity index (χ0v) is 9.46. The summed E-state index contributed by atoms with van der Waals surface area (Å²) in [6.07, 6.45) is 3.21. The highest BCUT2D eigenvalue weighted by molar-refractivity contribution is 5.85. The van der Waals surface area contributed by atoms with Gasteiger partial charge in [0.25, 0.3) is 0 Å². The molecule has 2 rings (SSSR count). The largest absolute Gasteiger partial charge is 0.368 e. The van der Waals surface area contributed by atoms with Gasteiger partial charge in [-0.2, -0.15) is 0 Å². The molecular weight excluding hydrogens is 190 g/mol. The molecule has 2 saturated heterocycles. The van der Waals surface area contributed by atoms with E-state index in [-0.39, 0.29) is 5.91 Å². The van der Waals surface area contributed by atoms with Crippen LogP contribution in [0.3, 0.4) is 0 Å². The van der Waals surface area contributed by atoms with Crippen molar-refractivity contribution in [3.63, 3.8) is 0 Å². The van der Waals surface area contributed by atoms with Crippen LogP contribution in [0.25, 0.3) is 0 Å². The molecule has 3 N–H and O–H groups in total. The number of hydrogen-bond acceptors (Lipinski definition) is 3. The minimum atomic E-state index is -0.425. The lowest BCUT2D eigenvalue weighted by Crippen LogP contribution is -2.67. The summed E-state index contributed by atoms with van der Waals surface area (Å²) in [6.45, 7) is 6.10. The van der Waals surface area contributed by atoms with E-state index in [9.17, 15) is 4.79 Å². The maximum absolute atomic E-state index is 11.7. The van der Waals surface area contributed by atoms with Gasteiger partial charge in [-0.3, -0.25) is 4.79 Å². The first kappa shape index (κ1) is 10.9. The molecule has 0 aromatic heterocycles. The second-order valence-electron chi connectivity index (χ2n) is 4.76. The Labute approximate surface area is 91.2 Å². The van der Waals surface area contributed by atoms with Crippen molar-refractivity contribution in [1.82, 2.24) is 10.2 Å². The average Bonchev–Trinajstić information content (AvgIpc) is 2.23. The first-order valence-corrected chi connectivity index (χ1v) is 5.96. The Kier molecular flexibility index (Phi) is 2.98. The molecule has 2 aliphatic heterocycles. The summed E-state index contributed by atoms with van der Waals surface area (Å²) in [5, 5.41) is 3.35. The first-order chi connectivity index (χ1) is 7.19. The number of hydrogen-bond donors (Lipinski definition) is 2. The van der Waals surface area contributed by atoms with E-state index in [1.165, 1.54) is 13.0 Å². The zero-order chi connectivity index (χ0) is 10.9. The van der Waals surface area contributed by atoms with E-state index < -0.39 is 5.54 Å². The van der Waals surface area contributed by atoms with Crippen LogP contribution in [0.4, 0.5) is 0 Å². The molecule has 2 aliphatic rings. The van der Waals surface area contributed by atoms with Crippen LogP contribution < -0.4 is 11.1 Å². The Bertz CT molecular complexity index is 256. The van der Waals surface area contributed by atoms with Gasteiger partial charge in [-0.1, -0.05) is 6.92 Å². The summed E-state index contributed by atoms with van der Waals surface area (Å²) in [5.74, 6) is 0.258. The molecule has 3 atom stereocenters. The second-order valence-corrected chi connectivity index (χ2v) is 4.76. The number of nitrogens with zero attached hydrogens (tertiary/aromatic N) is 1. The number of carbonyl (C=O) groups excluding carboxylic acids is 1. The highest BCUT2D eigenvalue weighted by atomic mass is 16.1. The quantitative estimate of drug-likeness (QED) is 0.687. The summed E-state index contributed by atoms with van der Waals surface area (Å²) < 4.78 is 0. The molecule has 15 heavy (non-hydrogen) atoms. The summed E-state index contributed by atoms with van der Waals surface area (Å²) in [6, 6.07) is 0. The standard InChI is InChI=1S/C11H21N3O/c1-2-13-11(10(12)15)5-7-14-6-3-4-9(11)8-14/h9,13H,2-8H2,1H3,(H2,12,15). The van der Waals surface area contributed by atoms with E-state index in [2.05, 4.69) is 10.2 Å². The Morgan fingerprint density at radius 3 is 3.07 bits per heavy atom. The van der Waals surface area contributed by atoms with Crippen molar-refractivity contribution in [2.75, 3.05) is 26.2 Å². The summed E-state index contributed by atoms with van der Waals surface area (Å²) in [5.41, 5.74) is 5.18. The predicted molar refractivity (Wildman–Crippen MR) is 59.4 cm³/mol. The van der Waals surface area contributed by atoms with Crippen molar-refractivity contribution in [1.29, 1.82) is 0 Å². The van der Waals surface area contributed by atoms with Gasteiger partial charge in [-0.15, -0.1) is 0 Å². The lowest BCUT2D eigenvalue weighted by Gasteiger charge is -2.49. The van der Waals surface area contributed by atoms with Crippen molar-refractivity contribution in [3.8, 4) is 0 Å². The Morgan fingerprint density at radius 2 is 2.40 bits per heavy atom. The van der Waals surface area contributed by atoms with Crippen molar-refractivity contribution in [2.24, 2.45) is 11.7 Å². The average molecular weight is 211 g/mol. The molecule has 0 aliphatic carbocycles. The smallest absolute Gasteiger partial charge is 0.238 e. The molecule has 0 aromatic rings. The number of carbonyl (C=O) groups is 1. The molecule has 2 fully saturated rings. The Morgan fingerprint density at radius 1 is 1.60 bits per heavy atom. The van der Waals surface area contributed by atoms with Gasteiger partial charge < -0.3 is 16.0 Å². The molecular formula is C11H21N3O. The van der Waals surface area contributed by atoms with E-state index >= 15 is 0 Å². The molecule has 86 valence electrons. The molecule has 0 spiro atoms. The minimum absolute atomic E-state index is 0.157. The van der Waals surface area contributed by atoms with E-state index in [1.54, 1.807) is 0 Å². The number of fused-ring (bicyclic) bond motifs is 2. The number of likely N-dealkylation sites (N-methyl/N-ethyl adjacent to an activating group) is 1. The van der Waals surface area contributed by atoms with Gasteiger partial charge in [0.15, 0.2) is 0 Å². The van der Waals surface area contributed by atoms with Gasteiger partial charge in [0, 0.05) is 13.1 Å². The zero-order valence-electron chi connectivity index (χ0n) is 9.46. The van der Waals surface area contributed by atoms with Crippen molar-refractivity contribution >= 4 is 5.91 Å². The molecule has 4 nitrogen and oxygen atoms in total. The van der Waals surface area contributed by atoms with Gasteiger partial charge in [0.05, 0.1) is 0 Å². The molecule has 0 saturated carbocycles. The van der Waals surface area contributed by atoms with Crippen molar-refractivity contribution in [2.45, 2.75) is 31.7 Å². The third-order valence-electron chi connectivity index (χ3n) is 3.96. The van der Waals surface area contributed by atoms with Gasteiger partial charge in [0.1, 0.15) is 5.54 Å². The van der Waals surface area contributed by atoms with E-state index in [0.717, 1.165) is 32.5 Å². The normalized spacial score (nSPS) is 40.1. The number of nitrogens with one attached hydrogen (secondary N) is 1. The van der Waals surface area contributed by atoms with Crippen molar-refractivity contribution < 1.29 is 4.79 Å². The predicted octanol–water partition coefficient (Wildman–Crippen LogP) is -0.0643. The number of nitrogens with two attached hydrogens (primary N) is 1. The molecule has 3 unspecified atom stereocenters. The van der Waals surface area contributed by atoms with Crippen LogP contribution in [0.5, 0.6) is 0 Å². The highest BCUT2D eigenvalue weighted by Crippen LogP contribution is 2.34. The van der Waals surface area contributed by atoms with E-state index in [4.69, 9.17) is 5.73 Å². The molecule has 4 heteroatoms. The van der Waals surface area contributed by atoms with Gasteiger partial charge in [-0.05, 0) is 38.3 Å². The lowest BCUT2D eigenvalue weighted by molar-refractivity contribution is -0.130. The monoisotopic (exact) mass is 211 g/mol. The fourth-order valence-electron chi connectivity index (χ4n) is 3.16. The van der Waals surface area contributed by atoms with Gasteiger partial charge >= 0.3 is 0 Å². The second kappa shape index (κ2) is 4.10. The van der Waals surface area contributed by atoms with E-state index in [0.29, 0.717) is 5.92 Å². The number of primary amides is 1. The molecule has 1 amide bonds. The highest BCUT2D eigenvalue weighted by Gasteiger charge is 2.47. The third-order valence-corrected chi connectivity index (χ3v) is 3.96. The fourth-order valence-corrected chi connectivity index (χ4v) is 3.16. The number of rotatable bonds is 3. The van der Waals surface area contributed by atoms with Crippen LogP contribution in [-0.4, -0.2) is 42.5 Å². The Hall–Kier alpha value is -0.610. The van der Waals surface area contributed by atoms with Crippen LogP contribution >= 0.6 is 0 Å². The van der Waals surface area contributed by atoms with Crippen molar-refractivity contribution in [3.05, 3.63) is 0 Å². The van der Waals surface area contributed by atoms with Gasteiger partial charge in [-0.25, -0.2) is 0 Å². The first-order valence-electron chi connectivity index (χ1n) is 5.96.